The molecule has 3 N–H and O–H groups in total. The number of hydrogen-bond donors (Lipinski definition) is 3. The van der Waals surface area contributed by atoms with Gasteiger partial charge in [-0.25, -0.2) is 0 Å². The first-order valence-corrected chi connectivity index (χ1v) is 9.84. The number of nitrogens with zero attached hydrogens (tertiary/aromatic N) is 2. The maximum Gasteiger partial charge on any atom is 0.191 e. The third-order valence-corrected chi connectivity index (χ3v) is 4.30. The second-order valence-electron chi connectivity index (χ2n) is 7.09. The van der Waals surface area contributed by atoms with Gasteiger partial charge in [0, 0.05) is 44.9 Å². The molecular formula is C19H43IN4O. The van der Waals surface area contributed by atoms with Gasteiger partial charge in [-0.2, -0.15) is 0 Å². The molecule has 1 atom stereocenters. The zero-order chi connectivity index (χ0) is 18.4. The molecule has 0 aromatic rings. The summed E-state index contributed by atoms with van der Waals surface area (Å²) in [7, 11) is 0. The van der Waals surface area contributed by atoms with Gasteiger partial charge in [-0.1, -0.05) is 13.3 Å². The van der Waals surface area contributed by atoms with Crippen molar-refractivity contribution in [2.24, 2.45) is 10.9 Å². The molecule has 25 heavy (non-hydrogen) atoms. The Morgan fingerprint density at radius 3 is 2.16 bits per heavy atom. The van der Waals surface area contributed by atoms with E-state index < -0.39 is 0 Å². The SMILES string of the molecule is CCCC(CCO)CN=C(NCC)NCCCN(C(C)C)C(C)C.I. The Hall–Kier alpha value is -0.0800. The minimum Gasteiger partial charge on any atom is -0.396 e. The van der Waals surface area contributed by atoms with E-state index in [-0.39, 0.29) is 30.6 Å². The number of aliphatic hydroxyl groups excluding tert-OH is 1. The Balaban J connectivity index is 0. The minimum atomic E-state index is 0. The van der Waals surface area contributed by atoms with Crippen LogP contribution in [-0.2, 0) is 0 Å². The molecule has 5 nitrogen and oxygen atoms in total. The lowest BCUT2D eigenvalue weighted by atomic mass is 10.0. The third kappa shape index (κ3) is 13.7. The molecular weight excluding hydrogens is 427 g/mol. The van der Waals surface area contributed by atoms with Crippen LogP contribution in [0.1, 0.15) is 67.2 Å². The number of hydrogen-bond acceptors (Lipinski definition) is 3. The number of aliphatic imine (C=N–C) groups is 1. The summed E-state index contributed by atoms with van der Waals surface area (Å²) in [6, 6.07) is 1.17. The summed E-state index contributed by atoms with van der Waals surface area (Å²) in [5.74, 6) is 1.38. The van der Waals surface area contributed by atoms with E-state index in [1.54, 1.807) is 0 Å². The molecule has 1 unspecified atom stereocenters. The fourth-order valence-electron chi connectivity index (χ4n) is 3.06. The van der Waals surface area contributed by atoms with E-state index in [1.807, 2.05) is 0 Å². The molecule has 0 aliphatic heterocycles. The molecule has 0 aliphatic carbocycles. The van der Waals surface area contributed by atoms with Crippen LogP contribution in [0.3, 0.4) is 0 Å². The molecule has 0 fully saturated rings. The molecule has 0 radical (unpaired) electrons. The fourth-order valence-corrected chi connectivity index (χ4v) is 3.06. The Kier molecular flexibility index (Phi) is 18.8. The number of aliphatic hydroxyl groups is 1. The van der Waals surface area contributed by atoms with Crippen LogP contribution in [0.4, 0.5) is 0 Å². The van der Waals surface area contributed by atoms with Gasteiger partial charge in [0.25, 0.3) is 0 Å². The van der Waals surface area contributed by atoms with E-state index in [0.717, 1.165) is 57.8 Å². The summed E-state index contributed by atoms with van der Waals surface area (Å²) >= 11 is 0. The molecule has 152 valence electrons. The Labute approximate surface area is 173 Å². The molecule has 0 bridgehead atoms. The van der Waals surface area contributed by atoms with E-state index >= 15 is 0 Å². The highest BCUT2D eigenvalue weighted by Gasteiger charge is 2.12. The molecule has 0 heterocycles. The molecule has 0 aromatic carbocycles. The summed E-state index contributed by atoms with van der Waals surface area (Å²) in [6.45, 7) is 17.3. The fraction of sp³-hybridized carbons (Fsp3) is 0.947. The number of guanidine groups is 1. The van der Waals surface area contributed by atoms with Crippen molar-refractivity contribution in [1.82, 2.24) is 15.5 Å². The standard InChI is InChI=1S/C19H42N4O.HI/c1-7-10-18(11-14-24)15-22-19(20-8-2)21-12-9-13-23(16(3)4)17(5)6;/h16-18,24H,7-15H2,1-6H3,(H2,20,21,22);1H. The number of rotatable bonds is 13. The molecule has 0 aliphatic rings. The van der Waals surface area contributed by atoms with Gasteiger partial charge < -0.3 is 15.7 Å². The largest absolute Gasteiger partial charge is 0.396 e. The maximum atomic E-state index is 9.16. The zero-order valence-corrected chi connectivity index (χ0v) is 19.7. The highest BCUT2D eigenvalue weighted by molar-refractivity contribution is 14.0. The Bertz CT molecular complexity index is 311. The van der Waals surface area contributed by atoms with Crippen LogP contribution < -0.4 is 10.6 Å². The molecule has 0 amide bonds. The van der Waals surface area contributed by atoms with E-state index in [4.69, 9.17) is 10.1 Å². The Morgan fingerprint density at radius 2 is 1.68 bits per heavy atom. The lowest BCUT2D eigenvalue weighted by molar-refractivity contribution is 0.173. The first kappa shape index (κ1) is 27.1. The van der Waals surface area contributed by atoms with Gasteiger partial charge in [0.05, 0.1) is 0 Å². The summed E-state index contributed by atoms with van der Waals surface area (Å²) in [4.78, 5) is 7.23. The van der Waals surface area contributed by atoms with Crippen molar-refractivity contribution in [2.45, 2.75) is 79.3 Å². The molecule has 6 heteroatoms. The van der Waals surface area contributed by atoms with Gasteiger partial charge in [0.15, 0.2) is 5.96 Å². The van der Waals surface area contributed by atoms with Crippen molar-refractivity contribution in [1.29, 1.82) is 0 Å². The summed E-state index contributed by atoms with van der Waals surface area (Å²) in [6.07, 6.45) is 4.22. The predicted molar refractivity (Wildman–Crippen MR) is 121 cm³/mol. The molecule has 0 aromatic heterocycles. The normalized spacial score (nSPS) is 13.3. The van der Waals surface area contributed by atoms with Crippen molar-refractivity contribution in [3.05, 3.63) is 0 Å². The van der Waals surface area contributed by atoms with Crippen molar-refractivity contribution in [2.75, 3.05) is 32.8 Å². The second kappa shape index (κ2) is 17.3. The van der Waals surface area contributed by atoms with Crippen LogP contribution in [0.5, 0.6) is 0 Å². The van der Waals surface area contributed by atoms with Crippen LogP contribution >= 0.6 is 24.0 Å². The minimum absolute atomic E-state index is 0. The Morgan fingerprint density at radius 1 is 1.04 bits per heavy atom. The number of halogens is 1. The van der Waals surface area contributed by atoms with Gasteiger partial charge in [-0.15, -0.1) is 24.0 Å². The van der Waals surface area contributed by atoms with Crippen LogP contribution in [0.2, 0.25) is 0 Å². The van der Waals surface area contributed by atoms with Gasteiger partial charge in [-0.3, -0.25) is 9.89 Å². The molecule has 0 saturated carbocycles. The number of nitrogens with one attached hydrogen (secondary N) is 2. The van der Waals surface area contributed by atoms with Crippen LogP contribution in [0.25, 0.3) is 0 Å². The summed E-state index contributed by atoms with van der Waals surface area (Å²) in [5, 5.41) is 15.9. The van der Waals surface area contributed by atoms with Gasteiger partial charge in [0.1, 0.15) is 0 Å². The van der Waals surface area contributed by atoms with Crippen molar-refractivity contribution >= 4 is 29.9 Å². The van der Waals surface area contributed by atoms with Crippen molar-refractivity contribution in [3.8, 4) is 0 Å². The third-order valence-electron chi connectivity index (χ3n) is 4.30. The summed E-state index contributed by atoms with van der Waals surface area (Å²) < 4.78 is 0. The van der Waals surface area contributed by atoms with Gasteiger partial charge >= 0.3 is 0 Å². The highest BCUT2D eigenvalue weighted by atomic mass is 127. The van der Waals surface area contributed by atoms with E-state index in [9.17, 15) is 0 Å². The lowest BCUT2D eigenvalue weighted by Gasteiger charge is -2.30. The highest BCUT2D eigenvalue weighted by Crippen LogP contribution is 2.11. The van der Waals surface area contributed by atoms with E-state index in [0.29, 0.717) is 18.0 Å². The molecule has 0 rings (SSSR count). The van der Waals surface area contributed by atoms with E-state index in [1.165, 1.54) is 0 Å². The van der Waals surface area contributed by atoms with Crippen LogP contribution in [-0.4, -0.2) is 60.8 Å². The van der Waals surface area contributed by atoms with Crippen LogP contribution in [0.15, 0.2) is 4.99 Å². The van der Waals surface area contributed by atoms with Gasteiger partial charge in [-0.05, 0) is 59.8 Å². The van der Waals surface area contributed by atoms with Crippen molar-refractivity contribution < 1.29 is 5.11 Å². The van der Waals surface area contributed by atoms with Crippen molar-refractivity contribution in [3.63, 3.8) is 0 Å². The molecule has 0 spiro atoms. The molecule has 0 saturated heterocycles. The van der Waals surface area contributed by atoms with Gasteiger partial charge in [0.2, 0.25) is 0 Å². The zero-order valence-electron chi connectivity index (χ0n) is 17.3. The first-order valence-electron chi connectivity index (χ1n) is 9.84. The van der Waals surface area contributed by atoms with Crippen LogP contribution in [0, 0.1) is 5.92 Å². The lowest BCUT2D eigenvalue weighted by Crippen LogP contribution is -2.41. The van der Waals surface area contributed by atoms with E-state index in [2.05, 4.69) is 57.1 Å². The predicted octanol–water partition coefficient (Wildman–Crippen LogP) is 3.47. The monoisotopic (exact) mass is 470 g/mol. The average Bonchev–Trinajstić information content (AvgIpc) is 2.51. The second-order valence-corrected chi connectivity index (χ2v) is 7.09. The average molecular weight is 470 g/mol. The summed E-state index contributed by atoms with van der Waals surface area (Å²) in [5.41, 5.74) is 0. The smallest absolute Gasteiger partial charge is 0.191 e. The maximum absolute atomic E-state index is 9.16. The quantitative estimate of drug-likeness (QED) is 0.167. The first-order chi connectivity index (χ1) is 11.5. The topological polar surface area (TPSA) is 59.9 Å².